The van der Waals surface area contributed by atoms with Crippen LogP contribution in [0.4, 0.5) is 0 Å². The summed E-state index contributed by atoms with van der Waals surface area (Å²) in [4.78, 5) is 11.2. The van der Waals surface area contributed by atoms with Crippen molar-refractivity contribution in [1.82, 2.24) is 0 Å². The van der Waals surface area contributed by atoms with Crippen molar-refractivity contribution < 1.29 is 9.53 Å². The molecule has 0 aliphatic heterocycles. The molecule has 0 unspecified atom stereocenters. The number of rotatable bonds is 4. The predicted octanol–water partition coefficient (Wildman–Crippen LogP) is 2.65. The summed E-state index contributed by atoms with van der Waals surface area (Å²) in [6, 6.07) is 9.97. The third kappa shape index (κ3) is 3.24. The van der Waals surface area contributed by atoms with Gasteiger partial charge in [0.1, 0.15) is 6.61 Å². The zero-order valence-corrected chi connectivity index (χ0v) is 8.56. The van der Waals surface area contributed by atoms with E-state index in [1.165, 1.54) is 0 Å². The van der Waals surface area contributed by atoms with Crippen molar-refractivity contribution in [3.05, 3.63) is 42.0 Å². The molecule has 0 bridgehead atoms. The molecule has 1 aromatic carbocycles. The number of hydrogen-bond donors (Lipinski definition) is 0. The quantitative estimate of drug-likeness (QED) is 0.701. The molecule has 0 heterocycles. The maximum atomic E-state index is 11.2. The lowest BCUT2D eigenvalue weighted by molar-refractivity contribution is -0.143. The van der Waals surface area contributed by atoms with Crippen LogP contribution in [-0.2, 0) is 9.53 Å². The highest BCUT2D eigenvalue weighted by Crippen LogP contribution is 2.29. The van der Waals surface area contributed by atoms with Crippen molar-refractivity contribution >= 4 is 12.0 Å². The number of carbonyl (C=O) groups excluding carboxylic acids is 1. The molecule has 1 aliphatic rings. The lowest BCUT2D eigenvalue weighted by Gasteiger charge is -1.98. The van der Waals surface area contributed by atoms with Crippen LogP contribution in [0.15, 0.2) is 36.4 Å². The summed E-state index contributed by atoms with van der Waals surface area (Å²) in [5.41, 5.74) is 1.12. The normalized spacial score (nSPS) is 15.5. The SMILES string of the molecule is O=C(OC/C=C/c1ccccc1)C1CC1. The first-order chi connectivity index (χ1) is 7.36. The van der Waals surface area contributed by atoms with E-state index in [1.807, 2.05) is 42.5 Å². The van der Waals surface area contributed by atoms with E-state index in [1.54, 1.807) is 0 Å². The highest BCUT2D eigenvalue weighted by atomic mass is 16.5. The van der Waals surface area contributed by atoms with E-state index in [9.17, 15) is 4.79 Å². The van der Waals surface area contributed by atoms with E-state index in [2.05, 4.69) is 0 Å². The van der Waals surface area contributed by atoms with E-state index in [4.69, 9.17) is 4.74 Å². The summed E-state index contributed by atoms with van der Waals surface area (Å²) in [5, 5.41) is 0. The molecule has 0 amide bonds. The predicted molar refractivity (Wildman–Crippen MR) is 59.2 cm³/mol. The summed E-state index contributed by atoms with van der Waals surface area (Å²) in [6.45, 7) is 0.379. The zero-order chi connectivity index (χ0) is 10.5. The minimum absolute atomic E-state index is 0.0484. The third-order valence-electron chi connectivity index (χ3n) is 2.34. The largest absolute Gasteiger partial charge is 0.461 e. The van der Waals surface area contributed by atoms with Crippen LogP contribution in [0.2, 0.25) is 0 Å². The Hall–Kier alpha value is -1.57. The molecule has 0 radical (unpaired) electrons. The van der Waals surface area contributed by atoms with Gasteiger partial charge in [-0.25, -0.2) is 0 Å². The van der Waals surface area contributed by atoms with Gasteiger partial charge in [0.2, 0.25) is 0 Å². The fourth-order valence-electron chi connectivity index (χ4n) is 1.32. The summed E-state index contributed by atoms with van der Waals surface area (Å²) < 4.78 is 5.06. The monoisotopic (exact) mass is 202 g/mol. The number of benzene rings is 1. The average molecular weight is 202 g/mol. The Labute approximate surface area is 89.6 Å². The average Bonchev–Trinajstić information content (AvgIpc) is 3.09. The van der Waals surface area contributed by atoms with Crippen LogP contribution < -0.4 is 0 Å². The molecule has 78 valence electrons. The van der Waals surface area contributed by atoms with Gasteiger partial charge in [-0.2, -0.15) is 0 Å². The molecule has 0 saturated heterocycles. The van der Waals surface area contributed by atoms with Gasteiger partial charge in [-0.05, 0) is 24.5 Å². The van der Waals surface area contributed by atoms with E-state index < -0.39 is 0 Å². The van der Waals surface area contributed by atoms with Crippen molar-refractivity contribution in [1.29, 1.82) is 0 Å². The van der Waals surface area contributed by atoms with Crippen LogP contribution in [0.3, 0.4) is 0 Å². The molecular weight excluding hydrogens is 188 g/mol. The molecule has 2 heteroatoms. The number of hydrogen-bond acceptors (Lipinski definition) is 2. The Morgan fingerprint density at radius 3 is 2.73 bits per heavy atom. The lowest BCUT2D eigenvalue weighted by atomic mass is 10.2. The Balaban J connectivity index is 1.73. The van der Waals surface area contributed by atoms with Gasteiger partial charge in [-0.1, -0.05) is 36.4 Å². The molecule has 0 aromatic heterocycles. The lowest BCUT2D eigenvalue weighted by Crippen LogP contribution is -2.05. The fraction of sp³-hybridized carbons (Fsp3) is 0.308. The first-order valence-electron chi connectivity index (χ1n) is 5.24. The fourth-order valence-corrected chi connectivity index (χ4v) is 1.32. The smallest absolute Gasteiger partial charge is 0.309 e. The van der Waals surface area contributed by atoms with E-state index in [0.717, 1.165) is 18.4 Å². The first-order valence-corrected chi connectivity index (χ1v) is 5.24. The molecular formula is C13H14O2. The van der Waals surface area contributed by atoms with Gasteiger partial charge in [0.25, 0.3) is 0 Å². The molecule has 1 aromatic rings. The van der Waals surface area contributed by atoms with E-state index >= 15 is 0 Å². The van der Waals surface area contributed by atoms with Crippen LogP contribution in [0.25, 0.3) is 6.08 Å². The van der Waals surface area contributed by atoms with Crippen LogP contribution in [0.5, 0.6) is 0 Å². The Kier molecular flexibility index (Phi) is 3.18. The Bertz CT molecular complexity index is 350. The first kappa shape index (κ1) is 9.97. The molecule has 2 nitrogen and oxygen atoms in total. The highest BCUT2D eigenvalue weighted by molar-refractivity contribution is 5.75. The minimum atomic E-state index is -0.0484. The highest BCUT2D eigenvalue weighted by Gasteiger charge is 2.30. The van der Waals surface area contributed by atoms with Gasteiger partial charge in [-0.15, -0.1) is 0 Å². The summed E-state index contributed by atoms with van der Waals surface area (Å²) in [6.07, 6.45) is 5.83. The molecule has 1 saturated carbocycles. The molecule has 15 heavy (non-hydrogen) atoms. The van der Waals surface area contributed by atoms with Gasteiger partial charge < -0.3 is 4.74 Å². The van der Waals surface area contributed by atoms with Crippen LogP contribution in [0, 0.1) is 5.92 Å². The topological polar surface area (TPSA) is 26.3 Å². The van der Waals surface area contributed by atoms with Crippen molar-refractivity contribution in [2.45, 2.75) is 12.8 Å². The van der Waals surface area contributed by atoms with Crippen molar-refractivity contribution in [3.63, 3.8) is 0 Å². The summed E-state index contributed by atoms with van der Waals surface area (Å²) in [7, 11) is 0. The van der Waals surface area contributed by atoms with Gasteiger partial charge in [0, 0.05) is 0 Å². The summed E-state index contributed by atoms with van der Waals surface area (Å²) in [5.74, 6) is 0.142. The second-order valence-electron chi connectivity index (χ2n) is 3.72. The van der Waals surface area contributed by atoms with Crippen LogP contribution >= 0.6 is 0 Å². The molecule has 0 atom stereocenters. The van der Waals surface area contributed by atoms with Gasteiger partial charge in [-0.3, -0.25) is 4.79 Å². The number of ether oxygens (including phenoxy) is 1. The molecule has 0 N–H and O–H groups in total. The maximum absolute atomic E-state index is 11.2. The molecule has 1 aliphatic carbocycles. The van der Waals surface area contributed by atoms with Crippen molar-refractivity contribution in [2.75, 3.05) is 6.61 Å². The minimum Gasteiger partial charge on any atom is -0.461 e. The van der Waals surface area contributed by atoms with Crippen LogP contribution in [-0.4, -0.2) is 12.6 Å². The van der Waals surface area contributed by atoms with E-state index in [0.29, 0.717) is 6.61 Å². The Morgan fingerprint density at radius 2 is 2.07 bits per heavy atom. The maximum Gasteiger partial charge on any atom is 0.309 e. The van der Waals surface area contributed by atoms with E-state index in [-0.39, 0.29) is 11.9 Å². The number of esters is 1. The molecule has 0 spiro atoms. The van der Waals surface area contributed by atoms with Gasteiger partial charge >= 0.3 is 5.97 Å². The van der Waals surface area contributed by atoms with Gasteiger partial charge in [0.05, 0.1) is 5.92 Å². The molecule has 1 fully saturated rings. The molecule has 2 rings (SSSR count). The second-order valence-corrected chi connectivity index (χ2v) is 3.72. The zero-order valence-electron chi connectivity index (χ0n) is 8.56. The van der Waals surface area contributed by atoms with Crippen molar-refractivity contribution in [3.8, 4) is 0 Å². The second kappa shape index (κ2) is 4.78. The number of carbonyl (C=O) groups is 1. The van der Waals surface area contributed by atoms with Crippen LogP contribution in [0.1, 0.15) is 18.4 Å². The van der Waals surface area contributed by atoms with Crippen molar-refractivity contribution in [2.24, 2.45) is 5.92 Å². The summed E-state index contributed by atoms with van der Waals surface area (Å²) >= 11 is 0. The third-order valence-corrected chi connectivity index (χ3v) is 2.34. The standard InChI is InChI=1S/C13H14O2/c14-13(12-8-9-12)15-10-4-7-11-5-2-1-3-6-11/h1-7,12H,8-10H2/b7-4+. The van der Waals surface area contributed by atoms with Gasteiger partial charge in [0.15, 0.2) is 0 Å². The Morgan fingerprint density at radius 1 is 1.33 bits per heavy atom.